The fourth-order valence-electron chi connectivity index (χ4n) is 4.68. The van der Waals surface area contributed by atoms with Crippen LogP contribution >= 0.6 is 0 Å². The van der Waals surface area contributed by atoms with Crippen molar-refractivity contribution >= 4 is 16.8 Å². The lowest BCUT2D eigenvalue weighted by Gasteiger charge is -2.42. The fraction of sp³-hybridized carbons (Fsp3) is 0.375. The molecule has 1 aliphatic heterocycles. The maximum Gasteiger partial charge on any atom is 0.217 e. The molecule has 0 radical (unpaired) electrons. The maximum absolute atomic E-state index is 14.6. The minimum Gasteiger partial charge on any atom is -0.497 e. The molecule has 1 aliphatic rings. The van der Waals surface area contributed by atoms with E-state index in [1.165, 1.54) is 23.9 Å². The van der Waals surface area contributed by atoms with Gasteiger partial charge in [0.15, 0.2) is 0 Å². The van der Waals surface area contributed by atoms with Gasteiger partial charge in [0, 0.05) is 56.8 Å². The molecule has 6 heteroatoms. The van der Waals surface area contributed by atoms with Gasteiger partial charge in [-0.25, -0.2) is 4.39 Å². The lowest BCUT2D eigenvalue weighted by atomic mass is 9.80. The SMILES string of the molecule is COc1ccc2c(CN3CCC(NC(C)=O)(c4ccccc4F)CC3)cn(C)c2c1. The molecule has 5 nitrogen and oxygen atoms in total. The molecule has 0 unspecified atom stereocenters. The van der Waals surface area contributed by atoms with E-state index >= 15 is 0 Å². The third-order valence-corrected chi connectivity index (χ3v) is 6.19. The van der Waals surface area contributed by atoms with E-state index in [0.717, 1.165) is 30.9 Å². The van der Waals surface area contributed by atoms with E-state index in [2.05, 4.69) is 33.1 Å². The van der Waals surface area contributed by atoms with Gasteiger partial charge >= 0.3 is 0 Å². The van der Waals surface area contributed by atoms with E-state index in [0.29, 0.717) is 18.4 Å². The molecule has 4 rings (SSSR count). The number of piperidine rings is 1. The summed E-state index contributed by atoms with van der Waals surface area (Å²) in [6.07, 6.45) is 3.51. The van der Waals surface area contributed by atoms with Gasteiger partial charge in [0.05, 0.1) is 18.2 Å². The van der Waals surface area contributed by atoms with Crippen molar-refractivity contribution in [1.29, 1.82) is 0 Å². The first kappa shape index (κ1) is 20.4. The number of aromatic nitrogens is 1. The zero-order valence-electron chi connectivity index (χ0n) is 17.7. The largest absolute Gasteiger partial charge is 0.497 e. The van der Waals surface area contributed by atoms with Gasteiger partial charge in [0.2, 0.25) is 5.91 Å². The summed E-state index contributed by atoms with van der Waals surface area (Å²) in [7, 11) is 3.72. The molecule has 0 saturated carbocycles. The van der Waals surface area contributed by atoms with Crippen LogP contribution < -0.4 is 10.1 Å². The summed E-state index contributed by atoms with van der Waals surface area (Å²) >= 11 is 0. The average molecular weight is 410 g/mol. The standard InChI is InChI=1S/C24H28FN3O2/c1-17(29)26-24(21-6-4-5-7-22(21)25)10-12-28(13-11-24)16-18-15-27(2)23-14-19(30-3)8-9-20(18)23/h4-9,14-15H,10-13,16H2,1-3H3,(H,26,29). The number of methoxy groups -OCH3 is 1. The number of amides is 1. The molecule has 1 amide bonds. The van der Waals surface area contributed by atoms with Crippen LogP contribution in [0.25, 0.3) is 10.9 Å². The lowest BCUT2D eigenvalue weighted by Crippen LogP contribution is -2.52. The summed E-state index contributed by atoms with van der Waals surface area (Å²) < 4.78 is 22.1. The molecular formula is C24H28FN3O2. The molecule has 2 aromatic carbocycles. The van der Waals surface area contributed by atoms with Crippen LogP contribution in [0, 0.1) is 5.82 Å². The predicted molar refractivity (Wildman–Crippen MR) is 116 cm³/mol. The maximum atomic E-state index is 14.6. The molecule has 158 valence electrons. The van der Waals surface area contributed by atoms with Crippen molar-refractivity contribution in [3.05, 3.63) is 65.6 Å². The number of ether oxygens (including phenoxy) is 1. The van der Waals surface area contributed by atoms with E-state index in [1.54, 1.807) is 19.2 Å². The summed E-state index contributed by atoms with van der Waals surface area (Å²) in [6, 6.07) is 12.9. The molecule has 2 heterocycles. The number of halogens is 1. The molecule has 1 aromatic heterocycles. The van der Waals surface area contributed by atoms with E-state index in [4.69, 9.17) is 4.74 Å². The third kappa shape index (κ3) is 3.79. The molecule has 30 heavy (non-hydrogen) atoms. The molecule has 3 aromatic rings. The number of hydrogen-bond acceptors (Lipinski definition) is 3. The van der Waals surface area contributed by atoms with Crippen LogP contribution in [0.5, 0.6) is 5.75 Å². The monoisotopic (exact) mass is 409 g/mol. The first-order chi connectivity index (χ1) is 14.4. The number of nitrogens with one attached hydrogen (secondary N) is 1. The van der Waals surface area contributed by atoms with E-state index < -0.39 is 5.54 Å². The summed E-state index contributed by atoms with van der Waals surface area (Å²) in [5.74, 6) is 0.454. The Hall–Kier alpha value is -2.86. The lowest BCUT2D eigenvalue weighted by molar-refractivity contribution is -0.121. The first-order valence-corrected chi connectivity index (χ1v) is 10.3. The highest BCUT2D eigenvalue weighted by Crippen LogP contribution is 2.35. The second-order valence-corrected chi connectivity index (χ2v) is 8.17. The highest BCUT2D eigenvalue weighted by molar-refractivity contribution is 5.85. The Bertz CT molecular complexity index is 1070. The Kier molecular flexibility index (Phi) is 5.52. The highest BCUT2D eigenvalue weighted by atomic mass is 19.1. The minimum absolute atomic E-state index is 0.130. The van der Waals surface area contributed by atoms with Crippen molar-refractivity contribution in [1.82, 2.24) is 14.8 Å². The van der Waals surface area contributed by atoms with Crippen LogP contribution in [-0.2, 0) is 23.9 Å². The van der Waals surface area contributed by atoms with Crippen LogP contribution in [0.1, 0.15) is 30.9 Å². The summed E-state index contributed by atoms with van der Waals surface area (Å²) in [4.78, 5) is 14.3. The molecule has 0 spiro atoms. The first-order valence-electron chi connectivity index (χ1n) is 10.3. The van der Waals surface area contributed by atoms with Crippen LogP contribution in [0.3, 0.4) is 0 Å². The molecule has 0 aliphatic carbocycles. The number of carbonyl (C=O) groups excluding carboxylic acids is 1. The number of aryl methyl sites for hydroxylation is 1. The summed E-state index contributed by atoms with van der Waals surface area (Å²) in [5.41, 5.74) is 2.32. The molecule has 0 atom stereocenters. The van der Waals surface area contributed by atoms with Crippen LogP contribution in [0.2, 0.25) is 0 Å². The van der Waals surface area contributed by atoms with Gasteiger partial charge in [-0.15, -0.1) is 0 Å². The van der Waals surface area contributed by atoms with Crippen LogP contribution in [0.4, 0.5) is 4.39 Å². The predicted octanol–water partition coefficient (Wildman–Crippen LogP) is 3.95. The van der Waals surface area contributed by atoms with E-state index in [9.17, 15) is 9.18 Å². The third-order valence-electron chi connectivity index (χ3n) is 6.19. The van der Waals surface area contributed by atoms with Gasteiger partial charge < -0.3 is 14.6 Å². The van der Waals surface area contributed by atoms with E-state index in [1.807, 2.05) is 19.2 Å². The number of carbonyl (C=O) groups is 1. The minimum atomic E-state index is -0.653. The number of nitrogens with zero attached hydrogens (tertiary/aromatic N) is 2. The van der Waals surface area contributed by atoms with Crippen molar-refractivity contribution in [3.8, 4) is 5.75 Å². The Labute approximate surface area is 176 Å². The fourth-order valence-corrected chi connectivity index (χ4v) is 4.68. The molecule has 1 N–H and O–H groups in total. The Morgan fingerprint density at radius 3 is 2.60 bits per heavy atom. The van der Waals surface area contributed by atoms with Crippen molar-refractivity contribution in [2.24, 2.45) is 7.05 Å². The second-order valence-electron chi connectivity index (χ2n) is 8.17. The number of benzene rings is 2. The Morgan fingerprint density at radius 1 is 1.20 bits per heavy atom. The number of hydrogen-bond donors (Lipinski definition) is 1. The van der Waals surface area contributed by atoms with Gasteiger partial charge in [-0.05, 0) is 36.6 Å². The van der Waals surface area contributed by atoms with Gasteiger partial charge in [-0.3, -0.25) is 9.69 Å². The van der Waals surface area contributed by atoms with Gasteiger partial charge in [0.25, 0.3) is 0 Å². The normalized spacial score (nSPS) is 16.5. The van der Waals surface area contributed by atoms with Gasteiger partial charge in [-0.1, -0.05) is 18.2 Å². The van der Waals surface area contributed by atoms with Gasteiger partial charge in [-0.2, -0.15) is 0 Å². The molecule has 1 fully saturated rings. The topological polar surface area (TPSA) is 46.5 Å². The molecule has 1 saturated heterocycles. The molecular weight excluding hydrogens is 381 g/mol. The van der Waals surface area contributed by atoms with Crippen molar-refractivity contribution in [3.63, 3.8) is 0 Å². The number of fused-ring (bicyclic) bond motifs is 1. The van der Waals surface area contributed by atoms with E-state index in [-0.39, 0.29) is 11.7 Å². The smallest absolute Gasteiger partial charge is 0.217 e. The average Bonchev–Trinajstić information content (AvgIpc) is 3.04. The Balaban J connectivity index is 1.54. The Morgan fingerprint density at radius 2 is 1.93 bits per heavy atom. The van der Waals surface area contributed by atoms with Crippen LogP contribution in [0.15, 0.2) is 48.7 Å². The quantitative estimate of drug-likeness (QED) is 0.694. The summed E-state index contributed by atoms with van der Waals surface area (Å²) in [5, 5.41) is 4.27. The molecule has 0 bridgehead atoms. The van der Waals surface area contributed by atoms with Crippen molar-refractivity contribution in [2.45, 2.75) is 31.8 Å². The number of rotatable bonds is 5. The highest BCUT2D eigenvalue weighted by Gasteiger charge is 2.38. The zero-order chi connectivity index (χ0) is 21.3. The van der Waals surface area contributed by atoms with Crippen molar-refractivity contribution < 1.29 is 13.9 Å². The van der Waals surface area contributed by atoms with Crippen LogP contribution in [-0.4, -0.2) is 35.6 Å². The zero-order valence-corrected chi connectivity index (χ0v) is 17.7. The van der Waals surface area contributed by atoms with Gasteiger partial charge in [0.1, 0.15) is 11.6 Å². The number of likely N-dealkylation sites (tertiary alicyclic amines) is 1. The summed E-state index contributed by atoms with van der Waals surface area (Å²) in [6.45, 7) is 3.87. The second kappa shape index (κ2) is 8.11. The van der Waals surface area contributed by atoms with Crippen molar-refractivity contribution in [2.75, 3.05) is 20.2 Å².